The highest BCUT2D eigenvalue weighted by molar-refractivity contribution is 9.10. The number of hydrogen-bond donors (Lipinski definition) is 0. The second kappa shape index (κ2) is 38.1. The second-order valence-electron chi connectivity index (χ2n) is 38.7. The standard InChI is InChI=1S/C41H27N3O2S2.C32H23N3OS2.C27H30BNO2.C11H5BrN2OS2.C9H6O2/c1-41(2)32-14-8-9-15-34(32)44(25-10-4-3-5-11-25)35-20-16-24(22-33(35)41)27-18-19-30(38-37(27)42-48-43-38)36-21-17-26(47-36)23-31-39(45)28-12-6-7-13-29(28)40(31)46;1-32(2)25-10-6-7-11-27(25)35(21-8-4-3-5-9-21)28-16-12-20(18-26(28)32)23-14-15-24(31-30(23)33-38-34-31)29-17-13-22(19-36)37-29;1-25(2)21-14-10-11-15-23(21)29(20-12-8-7-9-13-20)24-17-16-19(18-22(24)25)28-30-26(3,4)27(5,6)31-28;12-8-3-2-7(10-11(8)14-17-13-10)9-4-1-6(5-15)16-9;10-8-5-9(11)7-4-2-1-3-6(7)8/h3-23H,1-2H3;3-19H,1-2H3;7-18H,1-6H3;1-5H;1-4H,5H2. The fourth-order valence-corrected chi connectivity index (χ4v) is 25.3. The van der Waals surface area contributed by atoms with Crippen molar-refractivity contribution in [1.29, 1.82) is 0 Å². The van der Waals surface area contributed by atoms with Crippen LogP contribution in [0.5, 0.6) is 0 Å². The molecule has 1 fully saturated rings. The number of benzene rings is 14. The van der Waals surface area contributed by atoms with Gasteiger partial charge in [0.15, 0.2) is 35.7 Å². The summed E-state index contributed by atoms with van der Waals surface area (Å²) < 4.78 is 41.1. The number of carbonyl (C=O) groups is 6. The van der Waals surface area contributed by atoms with Crippen molar-refractivity contribution in [3.63, 3.8) is 0 Å². The Morgan fingerprint density at radius 1 is 0.303 bits per heavy atom. The second-order valence-corrected chi connectivity index (χ2v) is 44.5. The van der Waals surface area contributed by atoms with Crippen LogP contribution in [0, 0.1) is 0 Å². The quantitative estimate of drug-likeness (QED) is 0.0366. The van der Waals surface area contributed by atoms with Crippen LogP contribution in [0.3, 0.4) is 0 Å². The molecule has 10 heterocycles. The Labute approximate surface area is 872 Å². The van der Waals surface area contributed by atoms with E-state index in [0.717, 1.165) is 136 Å². The van der Waals surface area contributed by atoms with E-state index in [2.05, 4.69) is 356 Å². The third-order valence-corrected chi connectivity index (χ3v) is 33.9. The normalized spacial score (nSPS) is 15.2. The monoisotopic (exact) mass is 2070 g/mol. The third-order valence-electron chi connectivity index (χ3n) is 28.5. The molecule has 20 aromatic rings. The number of Topliss-reactive ketones (excluding diaryl/α,β-unsaturated/α-hetero) is 4. The molecule has 0 saturated carbocycles. The molecule has 0 unspecified atom stereocenters. The van der Waals surface area contributed by atoms with Gasteiger partial charge in [0.1, 0.15) is 33.1 Å². The number of aromatic nitrogens is 6. The molecule has 14 aromatic carbocycles. The summed E-state index contributed by atoms with van der Waals surface area (Å²) in [6.45, 7) is 22.2. The highest BCUT2D eigenvalue weighted by atomic mass is 79.9. The molecule has 0 bridgehead atoms. The van der Waals surface area contributed by atoms with Crippen molar-refractivity contribution in [3.05, 3.63) is 420 Å². The molecule has 145 heavy (non-hydrogen) atoms. The zero-order valence-electron chi connectivity index (χ0n) is 80.5. The van der Waals surface area contributed by atoms with Crippen LogP contribution in [0.4, 0.5) is 51.2 Å². The Balaban J connectivity index is 0.000000111. The van der Waals surface area contributed by atoms with Gasteiger partial charge in [-0.2, -0.15) is 26.2 Å². The van der Waals surface area contributed by atoms with Gasteiger partial charge in [0, 0.05) is 107 Å². The van der Waals surface area contributed by atoms with E-state index in [0.29, 0.717) is 27.1 Å². The molecule has 26 rings (SSSR count). The topological polar surface area (TPSA) is 208 Å². The van der Waals surface area contributed by atoms with E-state index >= 15 is 0 Å². The highest BCUT2D eigenvalue weighted by Crippen LogP contribution is 2.58. The first kappa shape index (κ1) is 95.1. The Hall–Kier alpha value is -14.7. The first-order valence-corrected chi connectivity index (χ1v) is 52.9. The number of aldehydes is 2. The lowest BCUT2D eigenvalue weighted by Gasteiger charge is -2.42. The zero-order chi connectivity index (χ0) is 100. The molecule has 0 atom stereocenters. The van der Waals surface area contributed by atoms with E-state index in [-0.39, 0.29) is 69.7 Å². The number of nitrogens with zero attached hydrogens (tertiary/aromatic N) is 9. The van der Waals surface area contributed by atoms with Crippen molar-refractivity contribution < 1.29 is 38.1 Å². The van der Waals surface area contributed by atoms with Crippen molar-refractivity contribution in [2.75, 3.05) is 14.7 Å². The highest BCUT2D eigenvalue weighted by Gasteiger charge is 2.53. The predicted octanol–water partition coefficient (Wildman–Crippen LogP) is 31.2. The maximum absolute atomic E-state index is 13.0. The summed E-state index contributed by atoms with van der Waals surface area (Å²) in [5, 5.41) is 0. The number of para-hydroxylation sites is 6. The van der Waals surface area contributed by atoms with Gasteiger partial charge in [-0.25, -0.2) is 0 Å². The van der Waals surface area contributed by atoms with Gasteiger partial charge < -0.3 is 24.0 Å². The van der Waals surface area contributed by atoms with Gasteiger partial charge in [-0.15, -0.1) is 34.0 Å². The molecular formula is C120H91BBrN9O8S6. The van der Waals surface area contributed by atoms with Crippen LogP contribution in [0.1, 0.15) is 175 Å². The lowest BCUT2D eigenvalue weighted by molar-refractivity contribution is 0.00578. The van der Waals surface area contributed by atoms with Crippen LogP contribution < -0.4 is 20.2 Å². The van der Waals surface area contributed by atoms with Crippen molar-refractivity contribution in [2.24, 2.45) is 0 Å². The van der Waals surface area contributed by atoms with Crippen LogP contribution >= 0.6 is 85.1 Å². The Morgan fingerprint density at radius 3 is 1.01 bits per heavy atom. The summed E-state index contributed by atoms with van der Waals surface area (Å²) in [5.41, 5.74) is 33.0. The summed E-state index contributed by atoms with van der Waals surface area (Å²) in [6.07, 6.45) is 3.53. The summed E-state index contributed by atoms with van der Waals surface area (Å²) in [5.74, 6) is -0.537. The van der Waals surface area contributed by atoms with E-state index in [9.17, 15) is 28.8 Å². The smallest absolute Gasteiger partial charge is 0.399 e. The van der Waals surface area contributed by atoms with Gasteiger partial charge in [0.2, 0.25) is 0 Å². The first-order valence-electron chi connectivity index (χ1n) is 47.5. The largest absolute Gasteiger partial charge is 0.494 e. The van der Waals surface area contributed by atoms with Crippen molar-refractivity contribution in [3.8, 4) is 53.6 Å². The van der Waals surface area contributed by atoms with Crippen LogP contribution in [0.15, 0.2) is 350 Å². The molecule has 6 aromatic heterocycles. The fraction of sp³-hybridized carbons (Fsp3) is 0.133. The maximum atomic E-state index is 13.0. The molecule has 0 amide bonds. The number of ketones is 4. The first-order chi connectivity index (χ1) is 70.2. The number of rotatable bonds is 12. The van der Waals surface area contributed by atoms with E-state index in [4.69, 9.17) is 22.4 Å². The SMILES string of the molecule is CC1(C)c2ccccc2N(c2ccccc2)c2ccc(-c3ccc(-c4ccc(C=C5C(=O)c6ccccc6C5=O)s4)c4nsnc34)cc21.CC1(C)c2ccccc2N(c2ccccc2)c2ccc(-c3ccc(-c4ccc(C=O)s4)c4nsnc34)cc21.CC1(C)c2ccccc2N(c2ccccc2)c2ccc(B3OC(C)(C)C(C)(C)O3)cc21.O=C1CC(=O)c2ccccc21.O=Cc1ccc(-c2ccc(Br)c3nsnc23)s1. The van der Waals surface area contributed by atoms with E-state index in [1.165, 1.54) is 137 Å². The summed E-state index contributed by atoms with van der Waals surface area (Å²) >= 11 is 11.6. The number of hydrogen-bond acceptors (Lipinski definition) is 23. The summed E-state index contributed by atoms with van der Waals surface area (Å²) in [7, 11) is -0.367. The predicted molar refractivity (Wildman–Crippen MR) is 597 cm³/mol. The van der Waals surface area contributed by atoms with Crippen molar-refractivity contribution >= 4 is 224 Å². The number of fused-ring (bicyclic) bond motifs is 11. The van der Waals surface area contributed by atoms with Crippen molar-refractivity contribution in [2.45, 2.75) is 103 Å². The molecule has 4 aliphatic heterocycles. The third kappa shape index (κ3) is 17.1. The number of thiophene rings is 3. The molecule has 0 N–H and O–H groups in total. The van der Waals surface area contributed by atoms with E-state index < -0.39 is 0 Å². The summed E-state index contributed by atoms with van der Waals surface area (Å²) in [4.78, 5) is 82.4. The Morgan fingerprint density at radius 2 is 0.614 bits per heavy atom. The van der Waals surface area contributed by atoms with Gasteiger partial charge in [0.25, 0.3) is 0 Å². The minimum Gasteiger partial charge on any atom is -0.399 e. The number of carbonyl (C=O) groups excluding carboxylic acids is 6. The minimum absolute atomic E-state index is 0.0504. The molecule has 710 valence electrons. The van der Waals surface area contributed by atoms with Crippen LogP contribution in [0.25, 0.3) is 92.8 Å². The average molecular weight is 2070 g/mol. The number of anilines is 9. The van der Waals surface area contributed by atoms with E-state index in [1.807, 2.05) is 48.5 Å². The lowest BCUT2D eigenvalue weighted by Crippen LogP contribution is -2.41. The average Bonchev–Trinajstić information content (AvgIpc) is 1.58. The fourth-order valence-electron chi connectivity index (χ4n) is 20.3. The van der Waals surface area contributed by atoms with Gasteiger partial charge in [-0.3, -0.25) is 28.8 Å². The molecule has 25 heteroatoms. The summed E-state index contributed by atoms with van der Waals surface area (Å²) in [6, 6.07) is 116. The van der Waals surface area contributed by atoms with Gasteiger partial charge in [0.05, 0.1) is 102 Å². The molecule has 1 saturated heterocycles. The van der Waals surface area contributed by atoms with Crippen LogP contribution in [-0.4, -0.2) is 80.3 Å². The molecule has 6 aliphatic rings. The maximum Gasteiger partial charge on any atom is 0.494 e. The van der Waals surface area contributed by atoms with Gasteiger partial charge >= 0.3 is 7.12 Å². The van der Waals surface area contributed by atoms with Crippen LogP contribution in [0.2, 0.25) is 0 Å². The molecule has 0 radical (unpaired) electrons. The van der Waals surface area contributed by atoms with Gasteiger partial charge in [-0.1, -0.05) is 254 Å². The molecule has 0 spiro atoms. The lowest BCUT2D eigenvalue weighted by atomic mass is 9.69. The molecular weight excluding hydrogens is 1980 g/mol. The molecule has 2 aliphatic carbocycles. The molecule has 17 nitrogen and oxygen atoms in total. The van der Waals surface area contributed by atoms with Crippen molar-refractivity contribution in [1.82, 2.24) is 26.2 Å². The Kier molecular flexibility index (Phi) is 25.0. The van der Waals surface area contributed by atoms with E-state index in [1.54, 1.807) is 54.6 Å². The number of halogens is 1. The van der Waals surface area contributed by atoms with Gasteiger partial charge in [-0.05, 0) is 227 Å². The van der Waals surface area contributed by atoms with Crippen LogP contribution in [-0.2, 0) is 25.6 Å². The Bertz CT molecular complexity index is 8550. The zero-order valence-corrected chi connectivity index (χ0v) is 87.0. The minimum atomic E-state index is -0.367. The number of allylic oxidation sites excluding steroid dienone is 1.